The Morgan fingerprint density at radius 2 is 1.46 bits per heavy atom. The number of benzene rings is 1. The van der Waals surface area contributed by atoms with Crippen LogP contribution < -0.4 is 0 Å². The van der Waals surface area contributed by atoms with Gasteiger partial charge in [0.05, 0.1) is 0 Å². The lowest BCUT2D eigenvalue weighted by Gasteiger charge is -2.64. The zero-order chi connectivity index (χ0) is 26.6. The van der Waals surface area contributed by atoms with Crippen LogP contribution in [0.3, 0.4) is 0 Å². The average molecular weight is 505 g/mol. The molecular formula is C34H52N2O. The van der Waals surface area contributed by atoms with Gasteiger partial charge in [-0.25, -0.2) is 0 Å². The fourth-order valence-corrected chi connectivity index (χ4v) is 12.1. The second kappa shape index (κ2) is 8.09. The van der Waals surface area contributed by atoms with Crippen molar-refractivity contribution < 1.29 is 4.79 Å². The Morgan fingerprint density at radius 3 is 2.14 bits per heavy atom. The van der Waals surface area contributed by atoms with Gasteiger partial charge in [-0.05, 0) is 136 Å². The SMILES string of the molecule is CC(C1CCC2(C)C3CCC4C(C)(C)C(N(C)C(=O)c5ccccc5)CCC45CC35CCC12C)N(C)C. The maximum Gasteiger partial charge on any atom is 0.253 e. The summed E-state index contributed by atoms with van der Waals surface area (Å²) in [7, 11) is 6.65. The molecule has 0 radical (unpaired) electrons. The lowest BCUT2D eigenvalue weighted by molar-refractivity contribution is -0.151. The predicted molar refractivity (Wildman–Crippen MR) is 152 cm³/mol. The maximum absolute atomic E-state index is 13.5. The lowest BCUT2D eigenvalue weighted by atomic mass is 9.41. The van der Waals surface area contributed by atoms with Crippen LogP contribution in [0.15, 0.2) is 30.3 Å². The van der Waals surface area contributed by atoms with Crippen LogP contribution in [0.2, 0.25) is 0 Å². The summed E-state index contributed by atoms with van der Waals surface area (Å²) in [5.41, 5.74) is 3.04. The van der Waals surface area contributed by atoms with E-state index >= 15 is 0 Å². The molecule has 0 bridgehead atoms. The Balaban J connectivity index is 1.27. The van der Waals surface area contributed by atoms with Crippen LogP contribution in [0.4, 0.5) is 0 Å². The van der Waals surface area contributed by atoms with Crippen molar-refractivity contribution in [3.63, 3.8) is 0 Å². The van der Waals surface area contributed by atoms with E-state index in [1.54, 1.807) is 0 Å². The molecule has 5 fully saturated rings. The highest BCUT2D eigenvalue weighted by atomic mass is 16.2. The van der Waals surface area contributed by atoms with Gasteiger partial charge in [-0.3, -0.25) is 4.79 Å². The van der Waals surface area contributed by atoms with Crippen LogP contribution in [0, 0.1) is 44.8 Å². The largest absolute Gasteiger partial charge is 0.338 e. The van der Waals surface area contributed by atoms with Crippen LogP contribution in [0.5, 0.6) is 0 Å². The zero-order valence-electron chi connectivity index (χ0n) is 24.9. The van der Waals surface area contributed by atoms with Gasteiger partial charge in [0.25, 0.3) is 5.91 Å². The van der Waals surface area contributed by atoms with Gasteiger partial charge in [0.1, 0.15) is 0 Å². The van der Waals surface area contributed by atoms with E-state index in [9.17, 15) is 4.79 Å². The number of rotatable bonds is 4. The first kappa shape index (κ1) is 25.9. The van der Waals surface area contributed by atoms with Crippen molar-refractivity contribution in [2.45, 2.75) is 104 Å². The molecule has 9 atom stereocenters. The number of carbonyl (C=O) groups is 1. The summed E-state index contributed by atoms with van der Waals surface area (Å²) in [5.74, 6) is 2.65. The molecule has 1 amide bonds. The summed E-state index contributed by atoms with van der Waals surface area (Å²) in [4.78, 5) is 18.1. The van der Waals surface area contributed by atoms with E-state index in [0.29, 0.717) is 33.7 Å². The van der Waals surface area contributed by atoms with Crippen LogP contribution in [0.1, 0.15) is 103 Å². The summed E-state index contributed by atoms with van der Waals surface area (Å²) in [6.45, 7) is 12.9. The quantitative estimate of drug-likeness (QED) is 0.423. The first-order chi connectivity index (χ1) is 17.4. The Labute approximate surface area is 226 Å². The third kappa shape index (κ3) is 3.13. The van der Waals surface area contributed by atoms with Crippen molar-refractivity contribution in [2.24, 2.45) is 44.8 Å². The zero-order valence-corrected chi connectivity index (χ0v) is 24.9. The molecule has 5 aliphatic carbocycles. The fourth-order valence-electron chi connectivity index (χ4n) is 12.1. The van der Waals surface area contributed by atoms with Crippen LogP contribution in [-0.2, 0) is 0 Å². The molecule has 0 N–H and O–H groups in total. The van der Waals surface area contributed by atoms with E-state index in [4.69, 9.17) is 0 Å². The molecule has 3 nitrogen and oxygen atoms in total. The third-order valence-electron chi connectivity index (χ3n) is 14.4. The monoisotopic (exact) mass is 504 g/mol. The van der Waals surface area contributed by atoms with Gasteiger partial charge in [-0.2, -0.15) is 0 Å². The van der Waals surface area contributed by atoms with Gasteiger partial charge in [0.15, 0.2) is 0 Å². The molecule has 0 aromatic heterocycles. The Bertz CT molecular complexity index is 1060. The van der Waals surface area contributed by atoms with Crippen molar-refractivity contribution in [1.82, 2.24) is 9.80 Å². The highest BCUT2D eigenvalue weighted by Gasteiger charge is 2.82. The smallest absolute Gasteiger partial charge is 0.253 e. The topological polar surface area (TPSA) is 23.6 Å². The van der Waals surface area contributed by atoms with Crippen molar-refractivity contribution in [1.29, 1.82) is 0 Å². The van der Waals surface area contributed by atoms with Crippen molar-refractivity contribution in [3.05, 3.63) is 35.9 Å². The summed E-state index contributed by atoms with van der Waals surface area (Å²) in [6, 6.07) is 10.9. The minimum Gasteiger partial charge on any atom is -0.338 e. The first-order valence-corrected chi connectivity index (χ1v) is 15.3. The van der Waals surface area contributed by atoms with Gasteiger partial charge in [-0.15, -0.1) is 0 Å². The molecule has 1 aromatic carbocycles. The summed E-state index contributed by atoms with van der Waals surface area (Å²) < 4.78 is 0. The summed E-state index contributed by atoms with van der Waals surface area (Å²) >= 11 is 0. The Hall–Kier alpha value is -1.35. The normalized spacial score (nSPS) is 46.3. The molecule has 9 unspecified atom stereocenters. The summed E-state index contributed by atoms with van der Waals surface area (Å²) in [6.07, 6.45) is 12.5. The van der Waals surface area contributed by atoms with Crippen molar-refractivity contribution in [2.75, 3.05) is 21.1 Å². The van der Waals surface area contributed by atoms with Crippen LogP contribution >= 0.6 is 0 Å². The standard InChI is InChI=1S/C34H52N2O/c1-23(35(6)7)25-16-18-32(5)27-15-14-26-30(2,3)28(36(8)29(37)24-12-10-9-11-13-24)17-19-33(26)22-34(27,33)21-20-31(25,32)4/h9-13,23,25-28H,14-22H2,1-8H3. The molecule has 204 valence electrons. The number of hydrogen-bond donors (Lipinski definition) is 0. The van der Waals surface area contributed by atoms with Gasteiger partial charge < -0.3 is 9.80 Å². The van der Waals surface area contributed by atoms with E-state index in [0.717, 1.165) is 23.3 Å². The van der Waals surface area contributed by atoms with Crippen LogP contribution in [0.25, 0.3) is 0 Å². The lowest BCUT2D eigenvalue weighted by Crippen LogP contribution is -2.60. The number of nitrogens with zero attached hydrogens (tertiary/aromatic N) is 2. The van der Waals surface area contributed by atoms with E-state index in [1.165, 1.54) is 57.8 Å². The van der Waals surface area contributed by atoms with Gasteiger partial charge in [0.2, 0.25) is 0 Å². The Kier molecular flexibility index (Phi) is 5.66. The Morgan fingerprint density at radius 1 is 0.811 bits per heavy atom. The first-order valence-electron chi connectivity index (χ1n) is 15.3. The highest BCUT2D eigenvalue weighted by Crippen LogP contribution is 2.89. The van der Waals surface area contributed by atoms with E-state index in [1.807, 2.05) is 30.3 Å². The average Bonchev–Trinajstić information content (AvgIpc) is 3.45. The molecule has 0 heterocycles. The fraction of sp³-hybridized carbons (Fsp3) is 0.794. The van der Waals surface area contributed by atoms with Crippen molar-refractivity contribution in [3.8, 4) is 0 Å². The molecule has 5 saturated carbocycles. The number of carbonyl (C=O) groups excluding carboxylic acids is 1. The highest BCUT2D eigenvalue weighted by molar-refractivity contribution is 5.94. The molecular weight excluding hydrogens is 452 g/mol. The number of amides is 1. The van der Waals surface area contributed by atoms with E-state index in [-0.39, 0.29) is 11.3 Å². The van der Waals surface area contributed by atoms with E-state index < -0.39 is 0 Å². The molecule has 0 saturated heterocycles. The van der Waals surface area contributed by atoms with Gasteiger partial charge in [0, 0.05) is 24.7 Å². The molecule has 5 aliphatic rings. The molecule has 6 rings (SSSR count). The minimum atomic E-state index is 0.158. The van der Waals surface area contributed by atoms with E-state index in [2.05, 4.69) is 65.6 Å². The number of fused-ring (bicyclic) bond motifs is 2. The molecule has 2 spiro atoms. The number of hydrogen-bond acceptors (Lipinski definition) is 2. The molecule has 1 aromatic rings. The second-order valence-corrected chi connectivity index (χ2v) is 15.5. The van der Waals surface area contributed by atoms with Gasteiger partial charge >= 0.3 is 0 Å². The van der Waals surface area contributed by atoms with Crippen LogP contribution in [-0.4, -0.2) is 48.9 Å². The minimum absolute atomic E-state index is 0.158. The molecule has 0 aliphatic heterocycles. The van der Waals surface area contributed by atoms with Gasteiger partial charge in [-0.1, -0.05) is 45.9 Å². The molecule has 37 heavy (non-hydrogen) atoms. The maximum atomic E-state index is 13.5. The summed E-state index contributed by atoms with van der Waals surface area (Å²) in [5, 5.41) is 0. The molecule has 3 heteroatoms. The third-order valence-corrected chi connectivity index (χ3v) is 14.4. The van der Waals surface area contributed by atoms with Crippen molar-refractivity contribution >= 4 is 5.91 Å². The predicted octanol–water partition coefficient (Wildman–Crippen LogP) is 7.52. The second-order valence-electron chi connectivity index (χ2n) is 15.5.